The molecule has 0 saturated heterocycles. The van der Waals surface area contributed by atoms with Gasteiger partial charge in [0.25, 0.3) is 5.91 Å². The van der Waals surface area contributed by atoms with E-state index in [-0.39, 0.29) is 11.7 Å². The fourth-order valence-corrected chi connectivity index (χ4v) is 3.21. The number of hydrogen-bond donors (Lipinski definition) is 0. The number of carbonyl (C=O) groups excluding carboxylic acids is 1. The first-order chi connectivity index (χ1) is 9.40. The summed E-state index contributed by atoms with van der Waals surface area (Å²) in [6.45, 7) is 0. The molecule has 0 saturated carbocycles. The summed E-state index contributed by atoms with van der Waals surface area (Å²) in [5, 5.41) is 0.465. The molecular formula is C14H9BrClFINO. The molecule has 0 heterocycles. The number of halogens is 4. The van der Waals surface area contributed by atoms with Gasteiger partial charge in [-0.3, -0.25) is 4.79 Å². The van der Waals surface area contributed by atoms with Gasteiger partial charge in [-0.1, -0.05) is 27.5 Å². The summed E-state index contributed by atoms with van der Waals surface area (Å²) >= 11 is 11.4. The first-order valence-electron chi connectivity index (χ1n) is 5.58. The van der Waals surface area contributed by atoms with E-state index in [9.17, 15) is 9.18 Å². The minimum atomic E-state index is -0.365. The Morgan fingerprint density at radius 1 is 1.30 bits per heavy atom. The number of anilines is 1. The lowest BCUT2D eigenvalue weighted by Crippen LogP contribution is -2.27. The summed E-state index contributed by atoms with van der Waals surface area (Å²) in [4.78, 5) is 13.9. The number of amides is 1. The molecule has 0 atom stereocenters. The maximum Gasteiger partial charge on any atom is 0.259 e. The molecule has 0 unspecified atom stereocenters. The number of rotatable bonds is 2. The highest BCUT2D eigenvalue weighted by molar-refractivity contribution is 14.1. The third kappa shape index (κ3) is 3.32. The van der Waals surface area contributed by atoms with Crippen LogP contribution in [0, 0.1) is 9.39 Å². The molecule has 0 aliphatic rings. The highest BCUT2D eigenvalue weighted by Crippen LogP contribution is 2.29. The summed E-state index contributed by atoms with van der Waals surface area (Å²) in [7, 11) is 1.64. The van der Waals surface area contributed by atoms with Gasteiger partial charge in [0.15, 0.2) is 0 Å². The molecule has 0 aromatic heterocycles. The topological polar surface area (TPSA) is 20.3 Å². The lowest BCUT2D eigenvalue weighted by molar-refractivity contribution is 0.0992. The van der Waals surface area contributed by atoms with Gasteiger partial charge in [-0.15, -0.1) is 0 Å². The Hall–Kier alpha value is -0.660. The van der Waals surface area contributed by atoms with Crippen LogP contribution < -0.4 is 4.90 Å². The van der Waals surface area contributed by atoms with Crippen molar-refractivity contribution in [3.63, 3.8) is 0 Å². The van der Waals surface area contributed by atoms with Gasteiger partial charge in [-0.2, -0.15) is 0 Å². The van der Waals surface area contributed by atoms with Crippen molar-refractivity contribution in [1.29, 1.82) is 0 Å². The van der Waals surface area contributed by atoms with Crippen LogP contribution in [0.4, 0.5) is 10.1 Å². The minimum Gasteiger partial charge on any atom is -0.310 e. The smallest absolute Gasteiger partial charge is 0.259 e. The Kier molecular flexibility index (Phi) is 5.04. The van der Waals surface area contributed by atoms with Crippen LogP contribution in [0.2, 0.25) is 5.02 Å². The molecule has 1 amide bonds. The van der Waals surface area contributed by atoms with E-state index in [0.29, 0.717) is 19.8 Å². The zero-order valence-electron chi connectivity index (χ0n) is 10.3. The van der Waals surface area contributed by atoms with Crippen molar-refractivity contribution in [3.8, 4) is 0 Å². The lowest BCUT2D eigenvalue weighted by Gasteiger charge is -2.19. The Labute approximate surface area is 143 Å². The average molecular weight is 468 g/mol. The SMILES string of the molecule is CN(C(=O)c1ccc(F)cc1I)c1ccc(Br)cc1Cl. The van der Waals surface area contributed by atoms with Crippen molar-refractivity contribution in [2.24, 2.45) is 0 Å². The zero-order valence-corrected chi connectivity index (χ0v) is 14.8. The van der Waals surface area contributed by atoms with Gasteiger partial charge in [0.05, 0.1) is 16.3 Å². The fraction of sp³-hybridized carbons (Fsp3) is 0.0714. The first kappa shape index (κ1) is 15.7. The Balaban J connectivity index is 2.37. The van der Waals surface area contributed by atoms with Crippen molar-refractivity contribution in [2.45, 2.75) is 0 Å². The molecule has 0 bridgehead atoms. The molecule has 0 N–H and O–H groups in total. The van der Waals surface area contributed by atoms with Crippen LogP contribution in [0.25, 0.3) is 0 Å². The predicted octanol–water partition coefficient (Wildman–Crippen LogP) is 5.12. The molecule has 2 nitrogen and oxygen atoms in total. The third-order valence-electron chi connectivity index (χ3n) is 2.74. The Morgan fingerprint density at radius 3 is 2.60 bits per heavy atom. The van der Waals surface area contributed by atoms with Gasteiger partial charge in [0.1, 0.15) is 5.82 Å². The molecule has 0 aliphatic carbocycles. The second-order valence-electron chi connectivity index (χ2n) is 4.08. The highest BCUT2D eigenvalue weighted by atomic mass is 127. The lowest BCUT2D eigenvalue weighted by atomic mass is 10.2. The average Bonchev–Trinajstić information content (AvgIpc) is 2.37. The number of hydrogen-bond acceptors (Lipinski definition) is 1. The molecule has 104 valence electrons. The summed E-state index contributed by atoms with van der Waals surface area (Å²) in [6.07, 6.45) is 0. The monoisotopic (exact) mass is 467 g/mol. The second-order valence-corrected chi connectivity index (χ2v) is 6.57. The van der Waals surface area contributed by atoms with Gasteiger partial charge in [-0.05, 0) is 59.0 Å². The fourth-order valence-electron chi connectivity index (χ4n) is 1.71. The predicted molar refractivity (Wildman–Crippen MR) is 91.0 cm³/mol. The summed E-state index contributed by atoms with van der Waals surface area (Å²) in [6, 6.07) is 9.34. The van der Waals surface area contributed by atoms with Crippen molar-refractivity contribution in [3.05, 3.63) is 60.8 Å². The molecule has 0 spiro atoms. The molecule has 20 heavy (non-hydrogen) atoms. The van der Waals surface area contributed by atoms with Crippen LogP contribution in [-0.4, -0.2) is 13.0 Å². The molecule has 2 aromatic carbocycles. The standard InChI is InChI=1S/C14H9BrClFINO/c1-19(13-5-2-8(15)6-11(13)16)14(20)10-4-3-9(17)7-12(10)18/h2-7H,1H3. The normalized spacial score (nSPS) is 10.4. The number of nitrogens with zero attached hydrogens (tertiary/aromatic N) is 1. The summed E-state index contributed by atoms with van der Waals surface area (Å²) < 4.78 is 14.5. The molecular weight excluding hydrogens is 459 g/mol. The van der Waals surface area contributed by atoms with E-state index in [0.717, 1.165) is 4.47 Å². The van der Waals surface area contributed by atoms with Gasteiger partial charge in [-0.25, -0.2) is 4.39 Å². The van der Waals surface area contributed by atoms with E-state index >= 15 is 0 Å². The maximum absolute atomic E-state index is 13.1. The van der Waals surface area contributed by atoms with Gasteiger partial charge >= 0.3 is 0 Å². The van der Waals surface area contributed by atoms with Crippen molar-refractivity contribution in [2.75, 3.05) is 11.9 Å². The largest absolute Gasteiger partial charge is 0.310 e. The van der Waals surface area contributed by atoms with Crippen LogP contribution in [0.5, 0.6) is 0 Å². The van der Waals surface area contributed by atoms with Crippen molar-refractivity contribution >= 4 is 61.7 Å². The molecule has 0 radical (unpaired) electrons. The van der Waals surface area contributed by atoms with Gasteiger partial charge in [0.2, 0.25) is 0 Å². The first-order valence-corrected chi connectivity index (χ1v) is 7.83. The molecule has 2 rings (SSSR count). The maximum atomic E-state index is 13.1. The van der Waals surface area contributed by atoms with E-state index in [4.69, 9.17) is 11.6 Å². The summed E-state index contributed by atoms with van der Waals surface area (Å²) in [5.74, 6) is -0.603. The quantitative estimate of drug-likeness (QED) is 0.560. The molecule has 2 aromatic rings. The van der Waals surface area contributed by atoms with E-state index < -0.39 is 0 Å². The van der Waals surface area contributed by atoms with E-state index in [2.05, 4.69) is 15.9 Å². The number of benzene rings is 2. The van der Waals surface area contributed by atoms with Crippen molar-refractivity contribution < 1.29 is 9.18 Å². The van der Waals surface area contributed by atoms with Crippen LogP contribution in [0.15, 0.2) is 40.9 Å². The van der Waals surface area contributed by atoms with E-state index in [1.54, 1.807) is 25.2 Å². The molecule has 0 fully saturated rings. The van der Waals surface area contributed by atoms with Crippen LogP contribution in [0.3, 0.4) is 0 Å². The van der Waals surface area contributed by atoms with E-state index in [1.165, 1.54) is 23.1 Å². The molecule has 6 heteroatoms. The molecule has 0 aliphatic heterocycles. The summed E-state index contributed by atoms with van der Waals surface area (Å²) in [5.41, 5.74) is 1.04. The highest BCUT2D eigenvalue weighted by Gasteiger charge is 2.18. The number of carbonyl (C=O) groups is 1. The Morgan fingerprint density at radius 2 is 2.00 bits per heavy atom. The Bertz CT molecular complexity index is 680. The van der Waals surface area contributed by atoms with Gasteiger partial charge < -0.3 is 4.90 Å². The van der Waals surface area contributed by atoms with E-state index in [1.807, 2.05) is 22.6 Å². The van der Waals surface area contributed by atoms with Crippen LogP contribution in [-0.2, 0) is 0 Å². The van der Waals surface area contributed by atoms with Crippen LogP contribution >= 0.6 is 50.1 Å². The van der Waals surface area contributed by atoms with Crippen LogP contribution in [0.1, 0.15) is 10.4 Å². The third-order valence-corrected chi connectivity index (χ3v) is 4.43. The second kappa shape index (κ2) is 6.41. The minimum absolute atomic E-state index is 0.237. The zero-order chi connectivity index (χ0) is 14.9. The van der Waals surface area contributed by atoms with Gasteiger partial charge in [0, 0.05) is 15.1 Å². The van der Waals surface area contributed by atoms with Crippen molar-refractivity contribution in [1.82, 2.24) is 0 Å².